The highest BCUT2D eigenvalue weighted by molar-refractivity contribution is 7.89. The molecule has 1 heterocycles. The van der Waals surface area contributed by atoms with E-state index >= 15 is 0 Å². The number of carbonyl (C=O) groups excluding carboxylic acids is 1. The maximum Gasteiger partial charge on any atom is 0.243 e. The van der Waals surface area contributed by atoms with Crippen molar-refractivity contribution in [1.29, 1.82) is 0 Å². The summed E-state index contributed by atoms with van der Waals surface area (Å²) in [7, 11) is -0.958. The summed E-state index contributed by atoms with van der Waals surface area (Å²) in [4.78, 5) is 12.5. The Morgan fingerprint density at radius 1 is 1.26 bits per heavy atom. The lowest BCUT2D eigenvalue weighted by molar-refractivity contribution is -0.124. The van der Waals surface area contributed by atoms with E-state index in [4.69, 9.17) is 19.3 Å². The number of ether oxygens (including phenoxy) is 3. The summed E-state index contributed by atoms with van der Waals surface area (Å²) in [5.41, 5.74) is 0. The van der Waals surface area contributed by atoms with Crippen LogP contribution in [-0.2, 0) is 19.6 Å². The van der Waals surface area contributed by atoms with E-state index in [0.29, 0.717) is 24.3 Å². The van der Waals surface area contributed by atoms with Crippen LogP contribution < -0.4 is 14.8 Å². The van der Waals surface area contributed by atoms with Gasteiger partial charge >= 0.3 is 0 Å². The molecule has 1 aromatic carbocycles. The molecule has 1 aliphatic rings. The summed E-state index contributed by atoms with van der Waals surface area (Å²) < 4.78 is 42.7. The second-order valence-corrected chi connectivity index (χ2v) is 7.81. The average Bonchev–Trinajstić information content (AvgIpc) is 3.18. The van der Waals surface area contributed by atoms with E-state index in [1.165, 1.54) is 36.7 Å². The topological polar surface area (TPSA) is 114 Å². The van der Waals surface area contributed by atoms with Crippen LogP contribution in [0.2, 0.25) is 0 Å². The first-order chi connectivity index (χ1) is 13.0. The van der Waals surface area contributed by atoms with Gasteiger partial charge in [0.15, 0.2) is 11.5 Å². The van der Waals surface area contributed by atoms with Crippen LogP contribution in [0, 0.1) is 0 Å². The minimum atomic E-state index is -3.86. The molecule has 2 N–H and O–H groups in total. The summed E-state index contributed by atoms with van der Waals surface area (Å²) in [6.07, 6.45) is 1.06. The average molecular weight is 402 g/mol. The molecule has 1 atom stereocenters. The first-order valence-corrected chi connectivity index (χ1v) is 10.1. The van der Waals surface area contributed by atoms with Gasteiger partial charge in [-0.05, 0) is 25.0 Å². The van der Waals surface area contributed by atoms with Crippen molar-refractivity contribution < 1.29 is 32.5 Å². The Kier molecular flexibility index (Phi) is 7.84. The monoisotopic (exact) mass is 402 g/mol. The zero-order valence-corrected chi connectivity index (χ0v) is 16.3. The third-order valence-electron chi connectivity index (χ3n) is 4.25. The number of carbonyl (C=O) groups is 1. The van der Waals surface area contributed by atoms with Gasteiger partial charge in [-0.1, -0.05) is 0 Å². The largest absolute Gasteiger partial charge is 0.493 e. The number of methoxy groups -OCH3 is 2. The highest BCUT2D eigenvalue weighted by atomic mass is 32.2. The maximum atomic E-state index is 13.0. The third-order valence-corrected chi connectivity index (χ3v) is 6.15. The fraction of sp³-hybridized carbons (Fsp3) is 0.588. The van der Waals surface area contributed by atoms with Crippen LogP contribution in [0.3, 0.4) is 0 Å². The van der Waals surface area contributed by atoms with E-state index in [9.17, 15) is 13.2 Å². The molecule has 0 aromatic heterocycles. The van der Waals surface area contributed by atoms with Crippen molar-refractivity contribution in [3.63, 3.8) is 0 Å². The molecule has 0 spiro atoms. The van der Waals surface area contributed by atoms with Crippen molar-refractivity contribution in [2.45, 2.75) is 23.8 Å². The quantitative estimate of drug-likeness (QED) is 0.529. The number of sulfonamides is 1. The molecule has 1 saturated heterocycles. The van der Waals surface area contributed by atoms with Crippen LogP contribution in [0.1, 0.15) is 12.8 Å². The number of aliphatic hydroxyl groups excluding tert-OH is 1. The Bertz CT molecular complexity index is 739. The SMILES string of the molecule is COc1ccc(S(=O)(=O)N2CCCC2C(=O)NCCOCCO)cc1OC. The number of nitrogens with zero attached hydrogens (tertiary/aromatic N) is 1. The summed E-state index contributed by atoms with van der Waals surface area (Å²) in [6, 6.07) is 3.59. The lowest BCUT2D eigenvalue weighted by Gasteiger charge is -2.23. The predicted octanol–water partition coefficient (Wildman–Crippen LogP) is -0.0180. The van der Waals surface area contributed by atoms with Gasteiger partial charge in [-0.15, -0.1) is 0 Å². The molecule has 1 aliphatic heterocycles. The van der Waals surface area contributed by atoms with E-state index in [1.54, 1.807) is 0 Å². The standard InChI is InChI=1S/C17H26N2O7S/c1-24-15-6-5-13(12-16(15)25-2)27(22,23)19-8-3-4-14(19)17(21)18-7-10-26-11-9-20/h5-6,12,14,20H,3-4,7-11H2,1-2H3,(H,18,21). The van der Waals surface area contributed by atoms with Crippen LogP contribution >= 0.6 is 0 Å². The summed E-state index contributed by atoms with van der Waals surface area (Å²) in [5.74, 6) is 0.374. The molecule has 152 valence electrons. The van der Waals surface area contributed by atoms with E-state index in [1.807, 2.05) is 0 Å². The molecule has 1 amide bonds. The van der Waals surface area contributed by atoms with Gasteiger partial charge in [-0.2, -0.15) is 4.31 Å². The van der Waals surface area contributed by atoms with Gasteiger partial charge in [0.25, 0.3) is 0 Å². The molecule has 27 heavy (non-hydrogen) atoms. The highest BCUT2D eigenvalue weighted by Gasteiger charge is 2.39. The molecule has 0 aliphatic carbocycles. The van der Waals surface area contributed by atoms with Gasteiger partial charge in [-0.3, -0.25) is 4.79 Å². The highest BCUT2D eigenvalue weighted by Crippen LogP contribution is 2.33. The Hall–Kier alpha value is -1.88. The molecule has 1 aromatic rings. The molecule has 0 bridgehead atoms. The Morgan fingerprint density at radius 2 is 2.00 bits per heavy atom. The molecule has 1 fully saturated rings. The van der Waals surface area contributed by atoms with Crippen LogP contribution in [-0.4, -0.2) is 76.9 Å². The minimum absolute atomic E-state index is 0.0473. The van der Waals surface area contributed by atoms with Gasteiger partial charge in [0.2, 0.25) is 15.9 Å². The fourth-order valence-electron chi connectivity index (χ4n) is 2.93. The van der Waals surface area contributed by atoms with E-state index in [2.05, 4.69) is 5.32 Å². The Labute approximate surface area is 159 Å². The first-order valence-electron chi connectivity index (χ1n) is 8.66. The van der Waals surface area contributed by atoms with Crippen molar-refractivity contribution >= 4 is 15.9 Å². The zero-order valence-electron chi connectivity index (χ0n) is 15.5. The summed E-state index contributed by atoms with van der Waals surface area (Å²) in [5, 5.41) is 11.3. The van der Waals surface area contributed by atoms with Crippen molar-refractivity contribution in [1.82, 2.24) is 9.62 Å². The molecule has 0 saturated carbocycles. The maximum absolute atomic E-state index is 13.0. The molecular weight excluding hydrogens is 376 g/mol. The summed E-state index contributed by atoms with van der Waals surface area (Å²) >= 11 is 0. The smallest absolute Gasteiger partial charge is 0.243 e. The molecule has 2 rings (SSSR count). The van der Waals surface area contributed by atoms with Gasteiger partial charge in [0.05, 0.1) is 38.9 Å². The van der Waals surface area contributed by atoms with Crippen LogP contribution in [0.5, 0.6) is 11.5 Å². The third kappa shape index (κ3) is 5.10. The summed E-state index contributed by atoms with van der Waals surface area (Å²) in [6.45, 7) is 0.879. The Morgan fingerprint density at radius 3 is 2.67 bits per heavy atom. The van der Waals surface area contributed by atoms with Gasteiger partial charge < -0.3 is 24.6 Å². The normalized spacial score (nSPS) is 17.7. The molecule has 0 radical (unpaired) electrons. The number of nitrogens with one attached hydrogen (secondary N) is 1. The van der Waals surface area contributed by atoms with Gasteiger partial charge in [0, 0.05) is 19.2 Å². The number of hydrogen-bond acceptors (Lipinski definition) is 7. The van der Waals surface area contributed by atoms with Crippen LogP contribution in [0.15, 0.2) is 23.1 Å². The fourth-order valence-corrected chi connectivity index (χ4v) is 4.61. The molecule has 9 nitrogen and oxygen atoms in total. The number of amides is 1. The molecular formula is C17H26N2O7S. The van der Waals surface area contributed by atoms with Crippen molar-refractivity contribution in [3.8, 4) is 11.5 Å². The number of benzene rings is 1. The van der Waals surface area contributed by atoms with Crippen molar-refractivity contribution in [2.75, 3.05) is 47.1 Å². The van der Waals surface area contributed by atoms with Gasteiger partial charge in [-0.25, -0.2) is 8.42 Å². The first kappa shape index (κ1) is 21.4. The Balaban J connectivity index is 2.11. The van der Waals surface area contributed by atoms with Crippen LogP contribution in [0.4, 0.5) is 0 Å². The number of aliphatic hydroxyl groups is 1. The molecule has 1 unspecified atom stereocenters. The van der Waals surface area contributed by atoms with Crippen LogP contribution in [0.25, 0.3) is 0 Å². The lowest BCUT2D eigenvalue weighted by atomic mass is 10.2. The molecule has 10 heteroatoms. The number of hydrogen-bond donors (Lipinski definition) is 2. The number of rotatable bonds is 10. The van der Waals surface area contributed by atoms with Gasteiger partial charge in [0.1, 0.15) is 6.04 Å². The van der Waals surface area contributed by atoms with E-state index < -0.39 is 16.1 Å². The second-order valence-electron chi connectivity index (χ2n) is 5.92. The van der Waals surface area contributed by atoms with E-state index in [0.717, 1.165) is 0 Å². The van der Waals surface area contributed by atoms with Crippen molar-refractivity contribution in [2.24, 2.45) is 0 Å². The second kappa shape index (κ2) is 9.88. The zero-order chi connectivity index (χ0) is 19.9. The van der Waals surface area contributed by atoms with Crippen molar-refractivity contribution in [3.05, 3.63) is 18.2 Å². The predicted molar refractivity (Wildman–Crippen MR) is 97.4 cm³/mol. The lowest BCUT2D eigenvalue weighted by Crippen LogP contribution is -2.46. The van der Waals surface area contributed by atoms with E-state index in [-0.39, 0.29) is 43.7 Å². The minimum Gasteiger partial charge on any atom is -0.493 e.